The number of rotatable bonds is 6. The lowest BCUT2D eigenvalue weighted by Gasteiger charge is -2.38. The quantitative estimate of drug-likeness (QED) is 0.817. The van der Waals surface area contributed by atoms with E-state index in [9.17, 15) is 13.2 Å². The minimum atomic E-state index is -3.67. The van der Waals surface area contributed by atoms with Crippen LogP contribution in [0, 0.1) is 19.3 Å². The van der Waals surface area contributed by atoms with E-state index in [1.807, 2.05) is 0 Å². The summed E-state index contributed by atoms with van der Waals surface area (Å²) in [7, 11) is -3.67. The van der Waals surface area contributed by atoms with Crippen molar-refractivity contribution in [1.29, 1.82) is 0 Å². The number of aromatic nitrogens is 2. The van der Waals surface area contributed by atoms with Crippen LogP contribution in [-0.2, 0) is 21.4 Å². The first-order valence-corrected chi connectivity index (χ1v) is 8.38. The van der Waals surface area contributed by atoms with Crippen molar-refractivity contribution in [3.63, 3.8) is 0 Å². The van der Waals surface area contributed by atoms with Crippen LogP contribution < -0.4 is 4.72 Å². The Balaban J connectivity index is 2.23. The van der Waals surface area contributed by atoms with Crippen LogP contribution in [0.25, 0.3) is 0 Å². The summed E-state index contributed by atoms with van der Waals surface area (Å²) in [5.74, 6) is -1.06. The lowest BCUT2D eigenvalue weighted by atomic mass is 9.71. The molecule has 0 aromatic carbocycles. The highest BCUT2D eigenvalue weighted by Crippen LogP contribution is 2.39. The summed E-state index contributed by atoms with van der Waals surface area (Å²) >= 11 is 0. The zero-order valence-corrected chi connectivity index (χ0v) is 13.3. The van der Waals surface area contributed by atoms with Gasteiger partial charge in [0.15, 0.2) is 0 Å². The van der Waals surface area contributed by atoms with Crippen LogP contribution in [0.3, 0.4) is 0 Å². The van der Waals surface area contributed by atoms with Crippen molar-refractivity contribution in [2.24, 2.45) is 5.41 Å². The topological polar surface area (TPSA) is 101 Å². The largest absolute Gasteiger partial charge is 0.480 e. The van der Waals surface area contributed by atoms with Crippen LogP contribution in [0.2, 0.25) is 0 Å². The van der Waals surface area contributed by atoms with Gasteiger partial charge in [-0.3, -0.25) is 9.48 Å². The molecule has 1 aromatic heterocycles. The Morgan fingerprint density at radius 3 is 2.52 bits per heavy atom. The first kappa shape index (κ1) is 16.0. The van der Waals surface area contributed by atoms with E-state index in [0.717, 1.165) is 19.3 Å². The number of hydrogen-bond donors (Lipinski definition) is 2. The van der Waals surface area contributed by atoms with E-state index in [4.69, 9.17) is 5.11 Å². The van der Waals surface area contributed by atoms with Gasteiger partial charge in [0.2, 0.25) is 10.0 Å². The third-order valence-corrected chi connectivity index (χ3v) is 5.77. The van der Waals surface area contributed by atoms with E-state index in [0.29, 0.717) is 17.9 Å². The van der Waals surface area contributed by atoms with Crippen LogP contribution in [0.1, 0.15) is 37.6 Å². The smallest absolute Gasteiger partial charge is 0.325 e. The molecule has 1 saturated carbocycles. The maximum absolute atomic E-state index is 12.4. The number of carboxylic acids is 1. The first-order chi connectivity index (χ1) is 9.65. The number of nitrogens with one attached hydrogen (secondary N) is 1. The number of hydrogen-bond acceptors (Lipinski definition) is 4. The zero-order chi connectivity index (χ0) is 15.8. The molecule has 0 radical (unpaired) electrons. The van der Waals surface area contributed by atoms with E-state index in [2.05, 4.69) is 16.7 Å². The highest BCUT2D eigenvalue weighted by molar-refractivity contribution is 7.89. The molecule has 118 valence electrons. The van der Waals surface area contributed by atoms with E-state index in [-0.39, 0.29) is 16.9 Å². The molecule has 1 heterocycles. The highest BCUT2D eigenvalue weighted by Gasteiger charge is 2.34. The van der Waals surface area contributed by atoms with Crippen LogP contribution >= 0.6 is 0 Å². The van der Waals surface area contributed by atoms with Crippen molar-refractivity contribution < 1.29 is 18.3 Å². The maximum Gasteiger partial charge on any atom is 0.325 e. The molecule has 1 aliphatic rings. The predicted molar refractivity (Wildman–Crippen MR) is 76.5 cm³/mol. The highest BCUT2D eigenvalue weighted by atomic mass is 32.2. The van der Waals surface area contributed by atoms with Crippen LogP contribution in [0.5, 0.6) is 0 Å². The van der Waals surface area contributed by atoms with E-state index < -0.39 is 16.0 Å². The molecule has 2 rings (SSSR count). The van der Waals surface area contributed by atoms with Gasteiger partial charge in [-0.05, 0) is 32.1 Å². The molecule has 0 saturated heterocycles. The summed E-state index contributed by atoms with van der Waals surface area (Å²) in [5, 5.41) is 12.8. The molecule has 8 heteroatoms. The molecule has 0 unspecified atom stereocenters. The Hall–Kier alpha value is -1.41. The van der Waals surface area contributed by atoms with Gasteiger partial charge in [-0.25, -0.2) is 13.1 Å². The molecule has 2 N–H and O–H groups in total. The average molecular weight is 315 g/mol. The number of carboxylic acid groups (broad SMARTS) is 1. The van der Waals surface area contributed by atoms with Crippen LogP contribution in [0.15, 0.2) is 4.90 Å². The second-order valence-electron chi connectivity index (χ2n) is 6.04. The van der Waals surface area contributed by atoms with Crippen molar-refractivity contribution in [3.8, 4) is 0 Å². The summed E-state index contributed by atoms with van der Waals surface area (Å²) < 4.78 is 28.7. The van der Waals surface area contributed by atoms with Gasteiger partial charge < -0.3 is 5.11 Å². The van der Waals surface area contributed by atoms with E-state index in [1.54, 1.807) is 13.8 Å². The number of carbonyl (C=O) groups is 1. The Kier molecular flexibility index (Phi) is 4.12. The molecule has 0 amide bonds. The average Bonchev–Trinajstić information content (AvgIpc) is 2.59. The minimum absolute atomic E-state index is 0.0337. The second kappa shape index (κ2) is 5.42. The molecule has 1 aromatic rings. The van der Waals surface area contributed by atoms with Crippen molar-refractivity contribution >= 4 is 16.0 Å². The molecule has 0 atom stereocenters. The fourth-order valence-electron chi connectivity index (χ4n) is 2.65. The summed E-state index contributed by atoms with van der Waals surface area (Å²) in [6.45, 7) is 5.26. The Morgan fingerprint density at radius 1 is 1.43 bits per heavy atom. The summed E-state index contributed by atoms with van der Waals surface area (Å²) in [4.78, 5) is 10.9. The van der Waals surface area contributed by atoms with Crippen LogP contribution in [-0.4, -0.2) is 35.8 Å². The van der Waals surface area contributed by atoms with Crippen molar-refractivity contribution in [2.75, 3.05) is 6.54 Å². The molecule has 1 aliphatic carbocycles. The van der Waals surface area contributed by atoms with Gasteiger partial charge in [-0.2, -0.15) is 5.10 Å². The molecule has 1 fully saturated rings. The number of aliphatic carboxylic acids is 1. The third-order valence-electron chi connectivity index (χ3n) is 4.12. The summed E-state index contributed by atoms with van der Waals surface area (Å²) in [6.07, 6.45) is 3.17. The monoisotopic (exact) mass is 315 g/mol. The number of aryl methyl sites for hydroxylation is 1. The third kappa shape index (κ3) is 3.26. The van der Waals surface area contributed by atoms with Crippen molar-refractivity contribution in [1.82, 2.24) is 14.5 Å². The molecule has 21 heavy (non-hydrogen) atoms. The first-order valence-electron chi connectivity index (χ1n) is 6.90. The van der Waals surface area contributed by atoms with Crippen LogP contribution in [0.4, 0.5) is 0 Å². The van der Waals surface area contributed by atoms with Gasteiger partial charge in [0.1, 0.15) is 11.4 Å². The van der Waals surface area contributed by atoms with E-state index in [1.165, 1.54) is 4.68 Å². The number of nitrogens with zero attached hydrogens (tertiary/aromatic N) is 2. The standard InChI is InChI=1S/C13H21N3O4S/c1-9-12(10(2)16(15-9)7-11(17)18)21(19,20)14-8-13(3)5-4-6-13/h14H,4-8H2,1-3H3,(H,17,18). The summed E-state index contributed by atoms with van der Waals surface area (Å²) in [6, 6.07) is 0. The Morgan fingerprint density at radius 2 is 2.05 bits per heavy atom. The van der Waals surface area contributed by atoms with Crippen molar-refractivity contribution in [2.45, 2.75) is 51.5 Å². The van der Waals surface area contributed by atoms with Gasteiger partial charge in [0.05, 0.1) is 11.4 Å². The lowest BCUT2D eigenvalue weighted by Crippen LogP contribution is -2.40. The molecular weight excluding hydrogens is 294 g/mol. The molecule has 7 nitrogen and oxygen atoms in total. The molecule has 0 bridgehead atoms. The molecule has 0 spiro atoms. The normalized spacial score (nSPS) is 17.5. The SMILES string of the molecule is Cc1nn(CC(=O)O)c(C)c1S(=O)(=O)NCC1(C)CCC1. The van der Waals surface area contributed by atoms with Gasteiger partial charge in [0.25, 0.3) is 0 Å². The van der Waals surface area contributed by atoms with Crippen molar-refractivity contribution in [3.05, 3.63) is 11.4 Å². The van der Waals surface area contributed by atoms with E-state index >= 15 is 0 Å². The predicted octanol–water partition coefficient (Wildman–Crippen LogP) is 1.05. The second-order valence-corrected chi connectivity index (χ2v) is 7.74. The van der Waals surface area contributed by atoms with Gasteiger partial charge in [-0.1, -0.05) is 13.3 Å². The fraction of sp³-hybridized carbons (Fsp3) is 0.692. The molecule has 0 aliphatic heterocycles. The van der Waals surface area contributed by atoms with Gasteiger partial charge >= 0.3 is 5.97 Å². The molecular formula is C13H21N3O4S. The zero-order valence-electron chi connectivity index (χ0n) is 12.5. The Bertz CT molecular complexity index is 659. The van der Waals surface area contributed by atoms with Gasteiger partial charge in [-0.15, -0.1) is 0 Å². The lowest BCUT2D eigenvalue weighted by molar-refractivity contribution is -0.137. The fourth-order valence-corrected chi connectivity index (χ4v) is 4.26. The van der Waals surface area contributed by atoms with Gasteiger partial charge in [0, 0.05) is 6.54 Å². The summed E-state index contributed by atoms with van der Waals surface area (Å²) in [5.41, 5.74) is 0.701. The number of sulfonamides is 1. The minimum Gasteiger partial charge on any atom is -0.480 e. The Labute approximate surface area is 124 Å². The maximum atomic E-state index is 12.4.